The average Bonchev–Trinajstić information content (AvgIpc) is 3.10. The number of Topliss-reactive ketones (excluding diaryl/α,β-unsaturated/α-hetero) is 1. The summed E-state index contributed by atoms with van der Waals surface area (Å²) in [5.41, 5.74) is 1.28. The van der Waals surface area contributed by atoms with Crippen molar-refractivity contribution in [3.8, 4) is 5.75 Å². The van der Waals surface area contributed by atoms with E-state index in [1.165, 1.54) is 0 Å². The fourth-order valence-electron chi connectivity index (χ4n) is 4.01. The number of likely N-dealkylation sites (tertiary alicyclic amines) is 1. The van der Waals surface area contributed by atoms with Crippen molar-refractivity contribution in [1.82, 2.24) is 14.8 Å². The number of nitrogens with zero attached hydrogens (tertiary/aromatic N) is 3. The number of ketones is 1. The first-order valence-electron chi connectivity index (χ1n) is 11.7. The number of hydrogen-bond donors (Lipinski definition) is 1. The molecule has 176 valence electrons. The van der Waals surface area contributed by atoms with Crippen molar-refractivity contribution in [2.24, 2.45) is 0 Å². The molecule has 1 aliphatic rings. The lowest BCUT2D eigenvalue weighted by Gasteiger charge is -2.28. The molecule has 0 bridgehead atoms. The molecule has 1 fully saturated rings. The molecule has 1 unspecified atom stereocenters. The zero-order valence-electron chi connectivity index (χ0n) is 19.7. The Morgan fingerprint density at radius 1 is 1.12 bits per heavy atom. The summed E-state index contributed by atoms with van der Waals surface area (Å²) < 4.78 is 5.76. The summed E-state index contributed by atoms with van der Waals surface area (Å²) in [6.45, 7) is 9.52. The Bertz CT molecular complexity index is 986. The molecular formula is C26H33N3O4. The Hall–Kier alpha value is -3.19. The van der Waals surface area contributed by atoms with Gasteiger partial charge in [0, 0.05) is 31.0 Å². The van der Waals surface area contributed by atoms with Crippen LogP contribution in [0, 0.1) is 0 Å². The molecule has 7 heteroatoms. The Morgan fingerprint density at radius 3 is 2.52 bits per heavy atom. The Morgan fingerprint density at radius 2 is 1.85 bits per heavy atom. The van der Waals surface area contributed by atoms with Crippen LogP contribution in [0.15, 0.2) is 54.4 Å². The molecule has 33 heavy (non-hydrogen) atoms. The van der Waals surface area contributed by atoms with Crippen molar-refractivity contribution >= 4 is 17.4 Å². The lowest BCUT2D eigenvalue weighted by molar-refractivity contribution is -0.140. The number of carbonyl (C=O) groups is 2. The first-order chi connectivity index (χ1) is 16.0. The van der Waals surface area contributed by atoms with Gasteiger partial charge in [0.15, 0.2) is 0 Å². The number of unbranched alkanes of at least 4 members (excludes halogenated alkanes) is 1. The summed E-state index contributed by atoms with van der Waals surface area (Å²) >= 11 is 0. The minimum atomic E-state index is -0.675. The van der Waals surface area contributed by atoms with E-state index in [9.17, 15) is 14.7 Å². The third kappa shape index (κ3) is 5.60. The largest absolute Gasteiger partial charge is 0.507 e. The molecule has 2 heterocycles. The Kier molecular flexibility index (Phi) is 8.60. The molecule has 1 amide bonds. The topological polar surface area (TPSA) is 83.0 Å². The molecule has 0 radical (unpaired) electrons. The normalized spacial score (nSPS) is 17.7. The van der Waals surface area contributed by atoms with Gasteiger partial charge in [0.25, 0.3) is 11.7 Å². The summed E-state index contributed by atoms with van der Waals surface area (Å²) in [6, 6.07) is 9.89. The smallest absolute Gasteiger partial charge is 0.295 e. The molecule has 1 aliphatic heterocycles. The minimum absolute atomic E-state index is 0.0939. The summed E-state index contributed by atoms with van der Waals surface area (Å²) in [5, 5.41) is 11.2. The number of likely N-dealkylation sites (N-methyl/N-ethyl adjacent to an activating group) is 1. The van der Waals surface area contributed by atoms with Crippen molar-refractivity contribution in [1.29, 1.82) is 0 Å². The van der Waals surface area contributed by atoms with E-state index in [1.54, 1.807) is 47.6 Å². The van der Waals surface area contributed by atoms with E-state index in [-0.39, 0.29) is 11.3 Å². The fraction of sp³-hybridized carbons (Fsp3) is 0.423. The minimum Gasteiger partial charge on any atom is -0.507 e. The van der Waals surface area contributed by atoms with Crippen LogP contribution >= 0.6 is 0 Å². The number of pyridine rings is 1. The number of benzene rings is 1. The van der Waals surface area contributed by atoms with Crippen LogP contribution in [-0.2, 0) is 9.59 Å². The van der Waals surface area contributed by atoms with E-state index >= 15 is 0 Å². The maximum absolute atomic E-state index is 13.1. The van der Waals surface area contributed by atoms with Crippen LogP contribution in [-0.4, -0.2) is 64.4 Å². The van der Waals surface area contributed by atoms with Crippen LogP contribution in [0.3, 0.4) is 0 Å². The van der Waals surface area contributed by atoms with Gasteiger partial charge in [-0.15, -0.1) is 0 Å². The second-order valence-corrected chi connectivity index (χ2v) is 8.03. The van der Waals surface area contributed by atoms with E-state index < -0.39 is 17.7 Å². The van der Waals surface area contributed by atoms with Gasteiger partial charge in [-0.25, -0.2) is 0 Å². The second-order valence-electron chi connectivity index (χ2n) is 8.03. The molecule has 0 spiro atoms. The lowest BCUT2D eigenvalue weighted by atomic mass is 9.96. The van der Waals surface area contributed by atoms with Gasteiger partial charge < -0.3 is 19.6 Å². The molecule has 1 N–H and O–H groups in total. The van der Waals surface area contributed by atoms with Crippen molar-refractivity contribution < 1.29 is 19.4 Å². The summed E-state index contributed by atoms with van der Waals surface area (Å²) in [7, 11) is 0. The first kappa shape index (κ1) is 24.5. The molecule has 2 aromatic rings. The zero-order valence-corrected chi connectivity index (χ0v) is 19.7. The third-order valence-corrected chi connectivity index (χ3v) is 5.99. The first-order valence-corrected chi connectivity index (χ1v) is 11.7. The molecule has 1 atom stereocenters. The van der Waals surface area contributed by atoms with Crippen LogP contribution in [0.1, 0.15) is 50.8 Å². The van der Waals surface area contributed by atoms with Gasteiger partial charge >= 0.3 is 0 Å². The predicted octanol–water partition coefficient (Wildman–Crippen LogP) is 4.02. The van der Waals surface area contributed by atoms with E-state index in [0.717, 1.165) is 31.5 Å². The van der Waals surface area contributed by atoms with Crippen LogP contribution in [0.4, 0.5) is 0 Å². The van der Waals surface area contributed by atoms with E-state index in [1.807, 2.05) is 6.07 Å². The van der Waals surface area contributed by atoms with Gasteiger partial charge in [-0.3, -0.25) is 14.6 Å². The quantitative estimate of drug-likeness (QED) is 0.240. The fourth-order valence-corrected chi connectivity index (χ4v) is 4.01. The van der Waals surface area contributed by atoms with Crippen LogP contribution in [0.25, 0.3) is 5.76 Å². The van der Waals surface area contributed by atoms with Gasteiger partial charge in [-0.2, -0.15) is 0 Å². The van der Waals surface area contributed by atoms with Crippen LogP contribution in [0.2, 0.25) is 0 Å². The van der Waals surface area contributed by atoms with Crippen molar-refractivity contribution in [3.63, 3.8) is 0 Å². The number of ether oxygens (including phenoxy) is 1. The number of carbonyl (C=O) groups excluding carboxylic acids is 2. The second kappa shape index (κ2) is 11.6. The van der Waals surface area contributed by atoms with Gasteiger partial charge in [0.05, 0.1) is 18.2 Å². The highest BCUT2D eigenvalue weighted by Crippen LogP contribution is 2.39. The van der Waals surface area contributed by atoms with Crippen LogP contribution < -0.4 is 4.74 Å². The summed E-state index contributed by atoms with van der Waals surface area (Å²) in [4.78, 5) is 34.0. The average molecular weight is 452 g/mol. The molecule has 3 rings (SSSR count). The van der Waals surface area contributed by atoms with Crippen molar-refractivity contribution in [2.45, 2.75) is 39.7 Å². The Balaban J connectivity index is 2.01. The summed E-state index contributed by atoms with van der Waals surface area (Å²) in [5.74, 6) is -0.850. The maximum atomic E-state index is 13.1. The van der Waals surface area contributed by atoms with Gasteiger partial charge in [0.2, 0.25) is 0 Å². The maximum Gasteiger partial charge on any atom is 0.295 e. The standard InChI is InChI=1S/C26H33N3O4/c1-4-7-17-33-21-10-8-9-20(18-21)24(30)22-23(19-11-13-27-14-12-19)29(26(32)25(22)31)16-15-28(5-2)6-3/h8-14,18,23,30H,4-7,15-17H2,1-3H3. The number of aliphatic hydroxyl groups excluding tert-OH is 1. The SMILES string of the molecule is CCCCOc1cccc(C(O)=C2C(=O)C(=O)N(CCN(CC)CC)C2c2ccncc2)c1. The third-order valence-electron chi connectivity index (χ3n) is 5.99. The van der Waals surface area contributed by atoms with Gasteiger partial charge in [-0.1, -0.05) is 39.3 Å². The van der Waals surface area contributed by atoms with E-state index in [0.29, 0.717) is 31.0 Å². The zero-order chi connectivity index (χ0) is 23.8. The van der Waals surface area contributed by atoms with Gasteiger partial charge in [0.1, 0.15) is 11.5 Å². The molecule has 0 saturated carbocycles. The monoisotopic (exact) mass is 451 g/mol. The molecule has 1 aromatic carbocycles. The number of hydrogen-bond acceptors (Lipinski definition) is 6. The number of aromatic nitrogens is 1. The van der Waals surface area contributed by atoms with Crippen molar-refractivity contribution in [2.75, 3.05) is 32.8 Å². The Labute approximate surface area is 195 Å². The van der Waals surface area contributed by atoms with Crippen molar-refractivity contribution in [3.05, 3.63) is 65.5 Å². The molecule has 1 saturated heterocycles. The highest BCUT2D eigenvalue weighted by Gasteiger charge is 2.45. The highest BCUT2D eigenvalue weighted by atomic mass is 16.5. The summed E-state index contributed by atoms with van der Waals surface area (Å²) in [6.07, 6.45) is 5.20. The van der Waals surface area contributed by atoms with Crippen LogP contribution in [0.5, 0.6) is 5.75 Å². The number of amides is 1. The molecule has 0 aliphatic carbocycles. The predicted molar refractivity (Wildman–Crippen MR) is 128 cm³/mol. The molecule has 1 aromatic heterocycles. The lowest BCUT2D eigenvalue weighted by Crippen LogP contribution is -2.38. The van der Waals surface area contributed by atoms with E-state index in [4.69, 9.17) is 4.74 Å². The molecule has 7 nitrogen and oxygen atoms in total. The number of aliphatic hydroxyl groups is 1. The molecular weight excluding hydrogens is 418 g/mol. The van der Waals surface area contributed by atoms with E-state index in [2.05, 4.69) is 30.7 Å². The van der Waals surface area contributed by atoms with Gasteiger partial charge in [-0.05, 0) is 49.3 Å². The highest BCUT2D eigenvalue weighted by molar-refractivity contribution is 6.46. The number of rotatable bonds is 11.